The van der Waals surface area contributed by atoms with E-state index in [1.807, 2.05) is 30.3 Å². The smallest absolute Gasteiger partial charge is 0.389 e. The minimum Gasteiger partial charge on any atom is -0.495 e. The molecule has 3 aliphatic rings. The third kappa shape index (κ3) is 7.66. The predicted octanol–water partition coefficient (Wildman–Crippen LogP) is 6.73. The number of anilines is 4. The molecule has 0 bridgehead atoms. The number of fused-ring (bicyclic) bond motifs is 1. The molecule has 1 aliphatic carbocycles. The molecule has 3 aromatic carbocycles. The number of benzene rings is 3. The monoisotopic (exact) mass is 659 g/mol. The molecule has 0 radical (unpaired) electrons. The molecule has 4 N–H and O–H groups in total. The van der Waals surface area contributed by atoms with Gasteiger partial charge in [-0.2, -0.15) is 13.2 Å². The summed E-state index contributed by atoms with van der Waals surface area (Å²) in [4.78, 5) is 14.4. The van der Waals surface area contributed by atoms with Gasteiger partial charge in [-0.1, -0.05) is 24.0 Å². The number of nitrogens with zero attached hydrogens (tertiary/aromatic N) is 1. The van der Waals surface area contributed by atoms with Crippen molar-refractivity contribution in [2.45, 2.75) is 31.9 Å². The first kappa shape index (κ1) is 33.1. The lowest BCUT2D eigenvalue weighted by Crippen LogP contribution is -2.58. The van der Waals surface area contributed by atoms with Crippen LogP contribution < -0.4 is 31.1 Å². The van der Waals surface area contributed by atoms with Gasteiger partial charge in [0, 0.05) is 67.1 Å². The quantitative estimate of drug-likeness (QED) is 0.150. The second kappa shape index (κ2) is 14.1. The van der Waals surface area contributed by atoms with Gasteiger partial charge < -0.3 is 35.9 Å². The average Bonchev–Trinajstić information content (AvgIpc) is 3.07. The summed E-state index contributed by atoms with van der Waals surface area (Å²) in [6, 6.07) is 18.8. The third-order valence-corrected chi connectivity index (χ3v) is 9.35. The Balaban J connectivity index is 1.14. The van der Waals surface area contributed by atoms with Gasteiger partial charge in [-0.25, -0.2) is 0 Å². The van der Waals surface area contributed by atoms with E-state index >= 15 is 0 Å². The Morgan fingerprint density at radius 1 is 1.04 bits per heavy atom. The molecule has 2 heterocycles. The number of halogens is 3. The Hall–Kier alpha value is -4.82. The van der Waals surface area contributed by atoms with Crippen molar-refractivity contribution in [3.63, 3.8) is 0 Å². The van der Waals surface area contributed by atoms with Crippen molar-refractivity contribution >= 4 is 34.7 Å². The van der Waals surface area contributed by atoms with Crippen molar-refractivity contribution in [1.29, 1.82) is 0 Å². The number of nitrogens with one attached hydrogen (secondary N) is 4. The van der Waals surface area contributed by atoms with E-state index in [-0.39, 0.29) is 18.9 Å². The number of alkyl halides is 3. The van der Waals surface area contributed by atoms with Gasteiger partial charge >= 0.3 is 6.18 Å². The lowest BCUT2D eigenvalue weighted by Gasteiger charge is -2.53. The molecule has 11 heteroatoms. The molecule has 1 atom stereocenters. The number of ether oxygens (including phenoxy) is 2. The highest BCUT2D eigenvalue weighted by atomic mass is 19.4. The molecular weight excluding hydrogens is 619 g/mol. The van der Waals surface area contributed by atoms with E-state index in [2.05, 4.69) is 50.4 Å². The van der Waals surface area contributed by atoms with Crippen LogP contribution >= 0.6 is 0 Å². The van der Waals surface area contributed by atoms with Crippen molar-refractivity contribution in [1.82, 2.24) is 5.32 Å². The van der Waals surface area contributed by atoms with E-state index in [1.165, 1.54) is 12.8 Å². The number of hydrogen-bond donors (Lipinski definition) is 4. The molecule has 1 unspecified atom stereocenters. The van der Waals surface area contributed by atoms with Crippen molar-refractivity contribution in [3.05, 3.63) is 82.9 Å². The highest BCUT2D eigenvalue weighted by Gasteiger charge is 2.43. The summed E-state index contributed by atoms with van der Waals surface area (Å²) in [6.45, 7) is 3.98. The van der Waals surface area contributed by atoms with Crippen LogP contribution in [-0.2, 0) is 11.2 Å². The van der Waals surface area contributed by atoms with Crippen molar-refractivity contribution < 1.29 is 27.4 Å². The Bertz CT molecular complexity index is 1710. The summed E-state index contributed by atoms with van der Waals surface area (Å²) in [6.07, 6.45) is -1.05. The van der Waals surface area contributed by atoms with Crippen LogP contribution in [0.1, 0.15) is 40.7 Å². The Labute approximate surface area is 279 Å². The van der Waals surface area contributed by atoms with Gasteiger partial charge in [0.1, 0.15) is 5.75 Å². The predicted molar refractivity (Wildman–Crippen MR) is 183 cm³/mol. The summed E-state index contributed by atoms with van der Waals surface area (Å²) in [5.41, 5.74) is 12.9. The van der Waals surface area contributed by atoms with E-state index in [0.717, 1.165) is 61.6 Å². The minimum absolute atomic E-state index is 0.170. The Kier molecular flexibility index (Phi) is 9.73. The molecule has 2 fully saturated rings. The van der Waals surface area contributed by atoms with Crippen LogP contribution in [0, 0.1) is 23.2 Å². The standard InChI is InChI=1S/C37H40F3N5O3/c1-41-35(46)27-8-13-33(34(21-27)47-2)42-16-4-6-25-20-31-26(19-28(25)22-37(38,39)40)5-3-7-32(31)44-43-29-9-11-30(12-10-29)45-23-36(24-45)14-17-48-18-15-36/h3,5,7-13,20-21,28,42-44H,14-19,22-24H2,1-2H3,(H,41,46). The van der Waals surface area contributed by atoms with Gasteiger partial charge in [-0.05, 0) is 79.4 Å². The zero-order valence-corrected chi connectivity index (χ0v) is 27.1. The van der Waals surface area contributed by atoms with Gasteiger partial charge in [0.2, 0.25) is 0 Å². The van der Waals surface area contributed by atoms with Crippen LogP contribution in [0.5, 0.6) is 5.75 Å². The number of carbonyl (C=O) groups is 1. The van der Waals surface area contributed by atoms with Gasteiger partial charge in [-0.3, -0.25) is 4.79 Å². The maximum atomic E-state index is 13.6. The van der Waals surface area contributed by atoms with Gasteiger partial charge in [0.05, 0.1) is 37.1 Å². The largest absolute Gasteiger partial charge is 0.495 e. The number of carbonyl (C=O) groups excluding carboxylic acids is 1. The number of hydrogen-bond acceptors (Lipinski definition) is 7. The van der Waals surface area contributed by atoms with E-state index < -0.39 is 18.5 Å². The SMILES string of the molecule is CNC(=O)c1ccc(NCC#CC2=Cc3c(cccc3NNc3ccc(N4CC5(CCOCC5)C4)cc3)CC2CC(F)(F)F)c(OC)c1. The fraction of sp³-hybridized carbons (Fsp3) is 0.378. The Morgan fingerprint density at radius 3 is 2.52 bits per heavy atom. The minimum atomic E-state index is -4.33. The van der Waals surface area contributed by atoms with E-state index in [1.54, 1.807) is 31.3 Å². The van der Waals surface area contributed by atoms with Crippen molar-refractivity contribution in [3.8, 4) is 17.6 Å². The summed E-state index contributed by atoms with van der Waals surface area (Å²) in [5.74, 6) is 5.44. The molecule has 6 rings (SSSR count). The molecule has 8 nitrogen and oxygen atoms in total. The summed E-state index contributed by atoms with van der Waals surface area (Å²) >= 11 is 0. The molecule has 2 aliphatic heterocycles. The fourth-order valence-corrected chi connectivity index (χ4v) is 6.69. The number of hydrazine groups is 1. The van der Waals surface area contributed by atoms with Crippen LogP contribution in [-0.4, -0.2) is 59.1 Å². The van der Waals surface area contributed by atoms with E-state index in [0.29, 0.717) is 28.0 Å². The maximum Gasteiger partial charge on any atom is 0.389 e. The fourth-order valence-electron chi connectivity index (χ4n) is 6.69. The third-order valence-electron chi connectivity index (χ3n) is 9.35. The molecule has 2 saturated heterocycles. The Morgan fingerprint density at radius 2 is 1.81 bits per heavy atom. The first-order chi connectivity index (χ1) is 23.1. The second-order valence-electron chi connectivity index (χ2n) is 12.6. The molecule has 3 aromatic rings. The van der Waals surface area contributed by atoms with Crippen LogP contribution in [0.15, 0.2) is 66.2 Å². The van der Waals surface area contributed by atoms with Gasteiger partial charge in [-0.15, -0.1) is 0 Å². The van der Waals surface area contributed by atoms with Crippen LogP contribution in [0.3, 0.4) is 0 Å². The highest BCUT2D eigenvalue weighted by Crippen LogP contribution is 2.42. The molecule has 1 amide bonds. The van der Waals surface area contributed by atoms with Gasteiger partial charge in [0.15, 0.2) is 0 Å². The summed E-state index contributed by atoms with van der Waals surface area (Å²) < 4.78 is 51.8. The number of rotatable bonds is 9. The van der Waals surface area contributed by atoms with Crippen molar-refractivity contribution in [2.24, 2.45) is 11.3 Å². The summed E-state index contributed by atoms with van der Waals surface area (Å²) in [5, 5.41) is 5.71. The lowest BCUT2D eigenvalue weighted by atomic mass is 9.73. The molecule has 0 saturated carbocycles. The second-order valence-corrected chi connectivity index (χ2v) is 12.6. The van der Waals surface area contributed by atoms with Gasteiger partial charge in [0.25, 0.3) is 5.91 Å². The maximum absolute atomic E-state index is 13.6. The van der Waals surface area contributed by atoms with Crippen LogP contribution in [0.4, 0.5) is 35.9 Å². The lowest BCUT2D eigenvalue weighted by molar-refractivity contribution is -0.141. The zero-order chi connectivity index (χ0) is 33.7. The van der Waals surface area contributed by atoms with E-state index in [4.69, 9.17) is 9.47 Å². The topological polar surface area (TPSA) is 86.9 Å². The average molecular weight is 660 g/mol. The highest BCUT2D eigenvalue weighted by molar-refractivity contribution is 5.95. The van der Waals surface area contributed by atoms with Crippen molar-refractivity contribution in [2.75, 3.05) is 68.1 Å². The first-order valence-corrected chi connectivity index (χ1v) is 16.1. The van der Waals surface area contributed by atoms with E-state index in [9.17, 15) is 18.0 Å². The molecule has 48 heavy (non-hydrogen) atoms. The summed E-state index contributed by atoms with van der Waals surface area (Å²) in [7, 11) is 3.04. The van der Waals surface area contributed by atoms with Crippen LogP contribution in [0.25, 0.3) is 6.08 Å². The number of allylic oxidation sites excluding steroid dienone is 1. The molecular formula is C37H40F3N5O3. The molecule has 1 spiro atoms. The number of methoxy groups -OCH3 is 1. The molecule has 0 aromatic heterocycles. The first-order valence-electron chi connectivity index (χ1n) is 16.1. The normalized spacial score (nSPS) is 18.0. The van der Waals surface area contributed by atoms with Crippen LogP contribution in [0.2, 0.25) is 0 Å². The molecule has 252 valence electrons. The zero-order valence-electron chi connectivity index (χ0n) is 27.1. The number of amides is 1.